The largest absolute Gasteiger partial charge is 0.481 e. The van der Waals surface area contributed by atoms with Crippen LogP contribution in [-0.4, -0.2) is 28.8 Å². The van der Waals surface area contributed by atoms with E-state index in [-0.39, 0.29) is 18.6 Å². The molecule has 28 heavy (non-hydrogen) atoms. The molecular formula is C22H22N2O4. The molecule has 2 aromatic rings. The number of carbonyl (C=O) groups is 3. The predicted molar refractivity (Wildman–Crippen MR) is 104 cm³/mol. The molecule has 2 N–H and O–H groups in total. The highest BCUT2D eigenvalue weighted by Crippen LogP contribution is 2.12. The number of aryl methyl sites for hydroxylation is 1. The molecule has 2 aromatic carbocycles. The first kappa shape index (κ1) is 20.8. The first-order valence-electron chi connectivity index (χ1n) is 8.92. The number of hydrogen-bond acceptors (Lipinski definition) is 4. The number of ketones is 1. The fraction of sp³-hybridized carbons (Fsp3) is 0.273. The van der Waals surface area contributed by atoms with Gasteiger partial charge in [-0.15, -0.1) is 0 Å². The minimum Gasteiger partial charge on any atom is -0.481 e. The van der Waals surface area contributed by atoms with E-state index >= 15 is 0 Å². The van der Waals surface area contributed by atoms with Gasteiger partial charge in [0.2, 0.25) is 0 Å². The summed E-state index contributed by atoms with van der Waals surface area (Å²) < 4.78 is 0. The topological polar surface area (TPSA) is 107 Å². The van der Waals surface area contributed by atoms with E-state index in [2.05, 4.69) is 5.32 Å². The number of carboxylic acid groups (broad SMARTS) is 1. The third-order valence-electron chi connectivity index (χ3n) is 4.46. The first-order chi connectivity index (χ1) is 13.3. The van der Waals surface area contributed by atoms with Crippen LogP contribution in [-0.2, 0) is 16.0 Å². The molecule has 2 unspecified atom stereocenters. The van der Waals surface area contributed by atoms with Gasteiger partial charge in [-0.05, 0) is 43.2 Å². The third-order valence-corrected chi connectivity index (χ3v) is 4.46. The van der Waals surface area contributed by atoms with Gasteiger partial charge in [-0.3, -0.25) is 14.4 Å². The van der Waals surface area contributed by atoms with Crippen molar-refractivity contribution in [2.24, 2.45) is 5.92 Å². The number of nitrogens with zero attached hydrogens (tertiary/aromatic N) is 1. The van der Waals surface area contributed by atoms with Crippen LogP contribution >= 0.6 is 0 Å². The van der Waals surface area contributed by atoms with Crippen molar-refractivity contribution in [3.63, 3.8) is 0 Å². The monoisotopic (exact) mass is 378 g/mol. The zero-order valence-electron chi connectivity index (χ0n) is 15.8. The highest BCUT2D eigenvalue weighted by atomic mass is 16.4. The normalized spacial score (nSPS) is 12.5. The summed E-state index contributed by atoms with van der Waals surface area (Å²) >= 11 is 0. The Bertz CT molecular complexity index is 896. The SMILES string of the molecule is Cc1ccc(CC(NC(=O)c2ccc(C#N)cc2)C(=O)CC(C)C(=O)O)cc1. The molecule has 0 aromatic heterocycles. The van der Waals surface area contributed by atoms with Crippen LogP contribution < -0.4 is 5.32 Å². The number of nitrogens with one attached hydrogen (secondary N) is 1. The summed E-state index contributed by atoms with van der Waals surface area (Å²) in [5.41, 5.74) is 2.70. The summed E-state index contributed by atoms with van der Waals surface area (Å²) in [7, 11) is 0. The number of nitriles is 1. The van der Waals surface area contributed by atoms with Crippen LogP contribution in [0.2, 0.25) is 0 Å². The molecule has 0 fully saturated rings. The van der Waals surface area contributed by atoms with E-state index in [0.29, 0.717) is 11.1 Å². The Hall–Kier alpha value is -3.46. The molecule has 1 amide bonds. The second-order valence-electron chi connectivity index (χ2n) is 6.81. The number of Topliss-reactive ketones (excluding diaryl/α,β-unsaturated/α-hetero) is 1. The summed E-state index contributed by atoms with van der Waals surface area (Å²) in [6.45, 7) is 3.42. The lowest BCUT2D eigenvalue weighted by molar-refractivity contribution is -0.143. The Kier molecular flexibility index (Phi) is 7.05. The number of hydrogen-bond donors (Lipinski definition) is 2. The number of carbonyl (C=O) groups excluding carboxylic acids is 2. The van der Waals surface area contributed by atoms with E-state index < -0.39 is 23.8 Å². The first-order valence-corrected chi connectivity index (χ1v) is 8.92. The summed E-state index contributed by atoms with van der Waals surface area (Å²) in [5.74, 6) is -2.67. The van der Waals surface area contributed by atoms with Crippen molar-refractivity contribution in [1.29, 1.82) is 5.26 Å². The second-order valence-corrected chi connectivity index (χ2v) is 6.81. The van der Waals surface area contributed by atoms with E-state index in [1.807, 2.05) is 37.3 Å². The minimum atomic E-state index is -1.05. The Labute approximate surface area is 163 Å². The molecular weight excluding hydrogens is 356 g/mol. The van der Waals surface area contributed by atoms with Gasteiger partial charge in [-0.1, -0.05) is 36.8 Å². The summed E-state index contributed by atoms with van der Waals surface area (Å²) in [6.07, 6.45) is 0.104. The van der Waals surface area contributed by atoms with Gasteiger partial charge in [0.05, 0.1) is 23.6 Å². The van der Waals surface area contributed by atoms with Gasteiger partial charge in [-0.25, -0.2) is 0 Å². The minimum absolute atomic E-state index is 0.167. The van der Waals surface area contributed by atoms with Gasteiger partial charge in [0.25, 0.3) is 5.91 Å². The van der Waals surface area contributed by atoms with Crippen molar-refractivity contribution in [2.75, 3.05) is 0 Å². The van der Waals surface area contributed by atoms with Gasteiger partial charge in [-0.2, -0.15) is 5.26 Å². The van der Waals surface area contributed by atoms with E-state index in [0.717, 1.165) is 11.1 Å². The van der Waals surface area contributed by atoms with Crippen molar-refractivity contribution < 1.29 is 19.5 Å². The molecule has 0 aliphatic rings. The Morgan fingerprint density at radius 2 is 1.68 bits per heavy atom. The van der Waals surface area contributed by atoms with Crippen molar-refractivity contribution >= 4 is 17.7 Å². The van der Waals surface area contributed by atoms with Crippen molar-refractivity contribution in [3.8, 4) is 6.07 Å². The van der Waals surface area contributed by atoms with Gasteiger partial charge in [0.15, 0.2) is 5.78 Å². The number of rotatable bonds is 8. The number of amides is 1. The molecule has 0 saturated carbocycles. The molecule has 6 heteroatoms. The van der Waals surface area contributed by atoms with Gasteiger partial charge in [0, 0.05) is 12.0 Å². The maximum atomic E-state index is 12.7. The average Bonchev–Trinajstić information content (AvgIpc) is 2.68. The number of benzene rings is 2. The highest BCUT2D eigenvalue weighted by molar-refractivity contribution is 5.98. The van der Waals surface area contributed by atoms with Crippen molar-refractivity contribution in [3.05, 3.63) is 70.8 Å². The quantitative estimate of drug-likeness (QED) is 0.734. The lowest BCUT2D eigenvalue weighted by atomic mass is 9.95. The molecule has 144 valence electrons. The van der Waals surface area contributed by atoms with Crippen LogP contribution in [0.5, 0.6) is 0 Å². The molecule has 0 spiro atoms. The van der Waals surface area contributed by atoms with E-state index in [4.69, 9.17) is 10.4 Å². The fourth-order valence-corrected chi connectivity index (χ4v) is 2.67. The molecule has 0 heterocycles. The Balaban J connectivity index is 2.19. The molecule has 6 nitrogen and oxygen atoms in total. The van der Waals surface area contributed by atoms with E-state index in [1.165, 1.54) is 31.2 Å². The highest BCUT2D eigenvalue weighted by Gasteiger charge is 2.25. The average molecular weight is 378 g/mol. The van der Waals surface area contributed by atoms with Crippen molar-refractivity contribution in [2.45, 2.75) is 32.7 Å². The second kappa shape index (κ2) is 9.47. The maximum Gasteiger partial charge on any atom is 0.306 e. The van der Waals surface area contributed by atoms with Crippen LogP contribution in [0.4, 0.5) is 0 Å². The van der Waals surface area contributed by atoms with Crippen molar-refractivity contribution in [1.82, 2.24) is 5.32 Å². The van der Waals surface area contributed by atoms with Crippen LogP contribution in [0.3, 0.4) is 0 Å². The number of carboxylic acids is 1. The fourth-order valence-electron chi connectivity index (χ4n) is 2.67. The number of aliphatic carboxylic acids is 1. The summed E-state index contributed by atoms with van der Waals surface area (Å²) in [6, 6.07) is 14.8. The Morgan fingerprint density at radius 1 is 1.07 bits per heavy atom. The Morgan fingerprint density at radius 3 is 2.21 bits per heavy atom. The van der Waals surface area contributed by atoms with Crippen LogP contribution in [0.25, 0.3) is 0 Å². The molecule has 0 aliphatic heterocycles. The standard InChI is InChI=1S/C22H22N2O4/c1-14-3-5-16(6-4-14)12-19(20(25)11-15(2)22(27)28)24-21(26)18-9-7-17(13-23)8-10-18/h3-10,15,19H,11-12H2,1-2H3,(H,24,26)(H,27,28). The van der Waals surface area contributed by atoms with Gasteiger partial charge < -0.3 is 10.4 Å². The van der Waals surface area contributed by atoms with Crippen LogP contribution in [0, 0.1) is 24.2 Å². The lowest BCUT2D eigenvalue weighted by Gasteiger charge is -2.19. The third kappa shape index (κ3) is 5.78. The van der Waals surface area contributed by atoms with Crippen LogP contribution in [0.1, 0.15) is 40.4 Å². The molecule has 0 saturated heterocycles. The van der Waals surface area contributed by atoms with Crippen LogP contribution in [0.15, 0.2) is 48.5 Å². The summed E-state index contributed by atoms with van der Waals surface area (Å²) in [4.78, 5) is 36.3. The van der Waals surface area contributed by atoms with Gasteiger partial charge in [0.1, 0.15) is 0 Å². The smallest absolute Gasteiger partial charge is 0.306 e. The predicted octanol–water partition coefficient (Wildman–Crippen LogP) is 2.89. The van der Waals surface area contributed by atoms with Gasteiger partial charge >= 0.3 is 5.97 Å². The zero-order chi connectivity index (χ0) is 20.7. The molecule has 2 rings (SSSR count). The molecule has 0 aliphatic carbocycles. The molecule has 0 bridgehead atoms. The van der Waals surface area contributed by atoms with E-state index in [9.17, 15) is 14.4 Å². The molecule has 2 atom stereocenters. The summed E-state index contributed by atoms with van der Waals surface area (Å²) in [5, 5.41) is 20.6. The molecule has 0 radical (unpaired) electrons. The zero-order valence-corrected chi connectivity index (χ0v) is 15.8. The lowest BCUT2D eigenvalue weighted by Crippen LogP contribution is -2.43. The van der Waals surface area contributed by atoms with E-state index in [1.54, 1.807) is 0 Å². The maximum absolute atomic E-state index is 12.7.